The number of carbonyl (C=O) groups excluding carboxylic acids is 1. The number of nitrogens with zero attached hydrogens (tertiary/aromatic N) is 2. The summed E-state index contributed by atoms with van der Waals surface area (Å²) in [5, 5.41) is 12.2. The van der Waals surface area contributed by atoms with Gasteiger partial charge in [-0.25, -0.2) is 0 Å². The Labute approximate surface area is 188 Å². The maximum atomic E-state index is 12.2. The Morgan fingerprint density at radius 2 is 1.70 bits per heavy atom. The zero-order valence-electron chi connectivity index (χ0n) is 18.2. The number of likely N-dealkylation sites (tertiary alicyclic amines) is 1. The van der Waals surface area contributed by atoms with Gasteiger partial charge >= 0.3 is 0 Å². The number of carboxylic acid groups (broad SMARTS) is 1. The third kappa shape index (κ3) is 4.88. The number of hydrogen-bond acceptors (Lipinski definition) is 4. The van der Waals surface area contributed by atoms with Crippen LogP contribution in [0, 0.1) is 0 Å². The van der Waals surface area contributed by atoms with E-state index in [9.17, 15) is 9.90 Å². The standard InChI is InChI=1S/C24H31BrN2O3/c1-24(2,3)27(23(28)29)15-5-6-20(27)17-26(4)16-18-7-11-21(12-8-18)30-22-13-9-19(25)10-14-22/h7-14,20H,5-6,15-17H2,1-4H3/t20?,27-/m0/s1. The van der Waals surface area contributed by atoms with Crippen LogP contribution in [0.3, 0.4) is 0 Å². The average molecular weight is 475 g/mol. The van der Waals surface area contributed by atoms with Crippen LogP contribution < -0.4 is 9.84 Å². The van der Waals surface area contributed by atoms with E-state index < -0.39 is 6.09 Å². The fraction of sp³-hybridized carbons (Fsp3) is 0.458. The molecule has 1 heterocycles. The molecule has 1 saturated heterocycles. The highest BCUT2D eigenvalue weighted by molar-refractivity contribution is 9.10. The molecule has 2 aromatic rings. The lowest BCUT2D eigenvalue weighted by atomic mass is 9.99. The van der Waals surface area contributed by atoms with Crippen molar-refractivity contribution in [2.45, 2.75) is 51.7 Å². The first kappa shape index (κ1) is 22.8. The SMILES string of the molecule is CN(Cc1ccc(Oc2ccc(Br)cc2)cc1)CC1CCC[N@+]1(C(=O)[O-])C(C)(C)C. The van der Waals surface area contributed by atoms with Crippen LogP contribution in [-0.4, -0.2) is 47.2 Å². The van der Waals surface area contributed by atoms with Crippen LogP contribution in [0.25, 0.3) is 0 Å². The minimum absolute atomic E-state index is 0.0390. The van der Waals surface area contributed by atoms with E-state index in [1.165, 1.54) is 5.56 Å². The van der Waals surface area contributed by atoms with Crippen LogP contribution in [0.15, 0.2) is 53.0 Å². The largest absolute Gasteiger partial charge is 0.498 e. The Hall–Kier alpha value is -1.89. The normalized spacial score (nSPS) is 21.7. The van der Waals surface area contributed by atoms with Gasteiger partial charge in [-0.1, -0.05) is 28.1 Å². The third-order valence-corrected chi connectivity index (χ3v) is 6.67. The predicted octanol–water partition coefficient (Wildman–Crippen LogP) is 4.79. The zero-order chi connectivity index (χ0) is 21.9. The summed E-state index contributed by atoms with van der Waals surface area (Å²) in [7, 11) is 2.05. The van der Waals surface area contributed by atoms with Crippen LogP contribution >= 0.6 is 15.9 Å². The van der Waals surface area contributed by atoms with Crippen molar-refractivity contribution in [1.82, 2.24) is 4.90 Å². The first-order chi connectivity index (χ1) is 14.1. The molecule has 2 atom stereocenters. The van der Waals surface area contributed by atoms with Gasteiger partial charge in [-0.2, -0.15) is 0 Å². The number of amides is 1. The molecule has 1 amide bonds. The van der Waals surface area contributed by atoms with Crippen molar-refractivity contribution in [3.05, 3.63) is 58.6 Å². The maximum Gasteiger partial charge on any atom is 0.258 e. The summed E-state index contributed by atoms with van der Waals surface area (Å²) >= 11 is 3.42. The highest BCUT2D eigenvalue weighted by Crippen LogP contribution is 2.37. The monoisotopic (exact) mass is 474 g/mol. The smallest absolute Gasteiger partial charge is 0.258 e. The Morgan fingerprint density at radius 1 is 1.13 bits per heavy atom. The lowest BCUT2D eigenvalue weighted by Gasteiger charge is -2.50. The van der Waals surface area contributed by atoms with Gasteiger partial charge < -0.3 is 14.6 Å². The van der Waals surface area contributed by atoms with Gasteiger partial charge in [0, 0.05) is 23.9 Å². The van der Waals surface area contributed by atoms with E-state index in [2.05, 4.69) is 40.0 Å². The second kappa shape index (κ2) is 9.08. The molecule has 3 rings (SSSR count). The van der Waals surface area contributed by atoms with Gasteiger partial charge in [0.15, 0.2) is 0 Å². The van der Waals surface area contributed by atoms with Crippen LogP contribution in [0.5, 0.6) is 11.5 Å². The molecule has 0 saturated carbocycles. The fourth-order valence-corrected chi connectivity index (χ4v) is 4.91. The van der Waals surface area contributed by atoms with Crippen molar-refractivity contribution >= 4 is 22.0 Å². The molecule has 1 fully saturated rings. The van der Waals surface area contributed by atoms with Gasteiger partial charge in [-0.3, -0.25) is 9.38 Å². The fourth-order valence-electron chi connectivity index (χ4n) is 4.64. The number of likely N-dealkylation sites (N-methyl/N-ethyl adjacent to an activating group) is 1. The molecule has 1 unspecified atom stereocenters. The quantitative estimate of drug-likeness (QED) is 0.564. The number of carbonyl (C=O) groups is 1. The molecule has 1 aliphatic rings. The summed E-state index contributed by atoms with van der Waals surface area (Å²) in [6.07, 6.45) is 0.884. The number of hydrogen-bond donors (Lipinski definition) is 0. The van der Waals surface area contributed by atoms with E-state index in [4.69, 9.17) is 4.74 Å². The highest BCUT2D eigenvalue weighted by atomic mass is 79.9. The van der Waals surface area contributed by atoms with Gasteiger partial charge in [-0.05, 0) is 69.8 Å². The summed E-state index contributed by atoms with van der Waals surface area (Å²) in [5.41, 5.74) is 0.785. The Kier molecular flexibility index (Phi) is 6.90. The van der Waals surface area contributed by atoms with Gasteiger partial charge in [0.2, 0.25) is 0 Å². The minimum atomic E-state index is -0.951. The van der Waals surface area contributed by atoms with Crippen LogP contribution in [0.2, 0.25) is 0 Å². The summed E-state index contributed by atoms with van der Waals surface area (Å²) in [6, 6.07) is 15.8. The molecule has 2 aromatic carbocycles. The van der Waals surface area contributed by atoms with Gasteiger partial charge in [-0.15, -0.1) is 0 Å². The van der Waals surface area contributed by atoms with Crippen molar-refractivity contribution < 1.29 is 19.1 Å². The molecule has 0 aliphatic carbocycles. The molecule has 30 heavy (non-hydrogen) atoms. The molecular weight excluding hydrogens is 444 g/mol. The molecule has 162 valence electrons. The Balaban J connectivity index is 1.62. The topological polar surface area (TPSA) is 52.6 Å². The van der Waals surface area contributed by atoms with Crippen molar-refractivity contribution in [3.8, 4) is 11.5 Å². The van der Waals surface area contributed by atoms with Crippen molar-refractivity contribution in [1.29, 1.82) is 0 Å². The second-order valence-electron chi connectivity index (χ2n) is 9.22. The van der Waals surface area contributed by atoms with Crippen molar-refractivity contribution in [3.63, 3.8) is 0 Å². The second-order valence-corrected chi connectivity index (χ2v) is 10.1. The van der Waals surface area contributed by atoms with Crippen molar-refractivity contribution in [2.24, 2.45) is 0 Å². The first-order valence-corrected chi connectivity index (χ1v) is 11.2. The average Bonchev–Trinajstić information content (AvgIpc) is 3.10. The molecular formula is C24H31BrN2O3. The van der Waals surface area contributed by atoms with E-state index >= 15 is 0 Å². The van der Waals surface area contributed by atoms with Gasteiger partial charge in [0.25, 0.3) is 6.09 Å². The predicted molar refractivity (Wildman–Crippen MR) is 120 cm³/mol. The minimum Gasteiger partial charge on any atom is -0.498 e. The number of rotatable bonds is 6. The van der Waals surface area contributed by atoms with Crippen LogP contribution in [0.1, 0.15) is 39.2 Å². The molecule has 0 aromatic heterocycles. The zero-order valence-corrected chi connectivity index (χ0v) is 19.8. The molecule has 0 bridgehead atoms. The van der Waals surface area contributed by atoms with Gasteiger partial charge in [0.05, 0.1) is 18.6 Å². The molecule has 0 radical (unpaired) electrons. The lowest BCUT2D eigenvalue weighted by molar-refractivity contribution is -0.929. The number of halogens is 1. The molecule has 5 nitrogen and oxygen atoms in total. The third-order valence-electron chi connectivity index (χ3n) is 6.14. The Bertz CT molecular complexity index is 862. The summed E-state index contributed by atoms with van der Waals surface area (Å²) in [4.78, 5) is 14.4. The van der Waals surface area contributed by atoms with Crippen LogP contribution in [-0.2, 0) is 6.54 Å². The first-order valence-electron chi connectivity index (χ1n) is 10.4. The summed E-state index contributed by atoms with van der Waals surface area (Å²) in [5.74, 6) is 1.59. The Morgan fingerprint density at radius 3 is 2.23 bits per heavy atom. The number of benzene rings is 2. The lowest BCUT2D eigenvalue weighted by Crippen LogP contribution is -2.71. The molecule has 1 aliphatic heterocycles. The molecule has 0 N–H and O–H groups in total. The number of ether oxygens (including phenoxy) is 1. The highest BCUT2D eigenvalue weighted by Gasteiger charge is 2.52. The molecule has 6 heteroatoms. The molecule has 0 spiro atoms. The number of quaternary nitrogens is 1. The summed E-state index contributed by atoms with van der Waals surface area (Å²) < 4.78 is 6.94. The van der Waals surface area contributed by atoms with Crippen LogP contribution in [0.4, 0.5) is 4.79 Å². The van der Waals surface area contributed by atoms with Gasteiger partial charge in [0.1, 0.15) is 17.5 Å². The van der Waals surface area contributed by atoms with E-state index in [-0.39, 0.29) is 16.1 Å². The van der Waals surface area contributed by atoms with E-state index in [0.717, 1.165) is 41.9 Å². The van der Waals surface area contributed by atoms with Crippen molar-refractivity contribution in [2.75, 3.05) is 20.1 Å². The van der Waals surface area contributed by atoms with E-state index in [0.29, 0.717) is 6.54 Å². The van der Waals surface area contributed by atoms with E-state index in [1.54, 1.807) is 0 Å². The summed E-state index contributed by atoms with van der Waals surface area (Å²) in [6.45, 7) is 8.14. The maximum absolute atomic E-state index is 12.2. The van der Waals surface area contributed by atoms with E-state index in [1.807, 2.05) is 57.2 Å².